The van der Waals surface area contributed by atoms with Crippen molar-refractivity contribution >= 4 is 54.3 Å². The maximum Gasteiger partial charge on any atom is 0.143 e. The molecule has 0 amide bonds. The Bertz CT molecular complexity index is 2880. The van der Waals surface area contributed by atoms with Gasteiger partial charge in [-0.15, -0.1) is 0 Å². The van der Waals surface area contributed by atoms with Gasteiger partial charge in [0.2, 0.25) is 0 Å². The number of para-hydroxylation sites is 1. The van der Waals surface area contributed by atoms with E-state index in [1.807, 2.05) is 24.3 Å². The largest absolute Gasteiger partial charge is 0.455 e. The van der Waals surface area contributed by atoms with Crippen LogP contribution in [0.15, 0.2) is 186 Å². The first-order valence-corrected chi connectivity index (χ1v) is 16.8. The summed E-state index contributed by atoms with van der Waals surface area (Å²) >= 11 is 0. The van der Waals surface area contributed by atoms with Crippen LogP contribution in [-0.2, 0) is 0 Å². The zero-order valence-corrected chi connectivity index (χ0v) is 26.7. The molecule has 228 valence electrons. The average Bonchev–Trinajstić information content (AvgIpc) is 3.55. The molecule has 49 heavy (non-hydrogen) atoms. The molecule has 0 atom stereocenters. The van der Waals surface area contributed by atoms with Gasteiger partial charge in [-0.3, -0.25) is 0 Å². The Morgan fingerprint density at radius 3 is 1.76 bits per heavy atom. The number of rotatable bonds is 4. The normalized spacial score (nSPS) is 12.0. The van der Waals surface area contributed by atoms with Crippen LogP contribution in [0.2, 0.25) is 0 Å². The molecule has 0 saturated carbocycles. The Morgan fingerprint density at radius 2 is 0.980 bits per heavy atom. The summed E-state index contributed by atoms with van der Waals surface area (Å²) in [7, 11) is 0. The molecule has 1 nitrogen and oxygen atoms in total. The summed E-state index contributed by atoms with van der Waals surface area (Å²) in [6, 6.07) is 63.0. The first-order chi connectivity index (χ1) is 24.7. The van der Waals surface area contributed by atoms with Crippen molar-refractivity contribution in [1.82, 2.24) is 0 Å². The molecule has 0 spiro atoms. The molecule has 9 aromatic carbocycles. The minimum absolute atomic E-state index is 0.528. The lowest BCUT2D eigenvalue weighted by atomic mass is 9.83. The summed E-state index contributed by atoms with van der Waals surface area (Å²) in [6.45, 7) is 0. The summed E-state index contributed by atoms with van der Waals surface area (Å²) in [5, 5.41) is 9.33. The van der Waals surface area contributed by atoms with Gasteiger partial charge in [-0.1, -0.05) is 164 Å². The minimum Gasteiger partial charge on any atom is -0.455 e. The summed E-state index contributed by atoms with van der Waals surface area (Å²) in [5.41, 5.74) is 11.2. The maximum absolute atomic E-state index is 8.08. The van der Waals surface area contributed by atoms with E-state index < -0.39 is 0 Å². The fourth-order valence-corrected chi connectivity index (χ4v) is 7.78. The predicted octanol–water partition coefficient (Wildman–Crippen LogP) is 13.7. The van der Waals surface area contributed by atoms with Crippen LogP contribution < -0.4 is 0 Å². The standard InChI is InChI=1S/C48H30O/c1-2-14-32(15-3-1)37-23-12-24-43-44-30-35(27-28-45(44)49-48(37)43)46-39-19-8-10-21-41(39)47(42-22-11-9-20-40(42)46)38-18-7-6-17-36(38)34-26-25-31-13-4-5-16-33(31)29-34/h1-30H/i4D. The monoisotopic (exact) mass is 623 g/mol. The lowest BCUT2D eigenvalue weighted by Gasteiger charge is -2.20. The maximum atomic E-state index is 8.08. The van der Waals surface area contributed by atoms with Crippen LogP contribution in [0.25, 0.3) is 98.8 Å². The molecule has 0 saturated heterocycles. The highest BCUT2D eigenvalue weighted by Crippen LogP contribution is 2.47. The molecule has 10 rings (SSSR count). The third-order valence-electron chi connectivity index (χ3n) is 9.99. The highest BCUT2D eigenvalue weighted by atomic mass is 16.3. The Kier molecular flexibility index (Phi) is 6.02. The fraction of sp³-hybridized carbons (Fsp3) is 0. The number of hydrogen-bond donors (Lipinski definition) is 0. The molecular weight excluding hydrogens is 593 g/mol. The molecule has 0 aliphatic carbocycles. The third-order valence-corrected chi connectivity index (χ3v) is 9.99. The number of benzene rings is 9. The minimum atomic E-state index is 0.528. The molecule has 1 heteroatoms. The van der Waals surface area contributed by atoms with Gasteiger partial charge in [-0.25, -0.2) is 0 Å². The quantitative estimate of drug-likeness (QED) is 0.178. The lowest BCUT2D eigenvalue weighted by Crippen LogP contribution is -1.92. The van der Waals surface area contributed by atoms with Crippen LogP contribution in [0.4, 0.5) is 0 Å². The van der Waals surface area contributed by atoms with Gasteiger partial charge < -0.3 is 4.42 Å². The Morgan fingerprint density at radius 1 is 0.347 bits per heavy atom. The van der Waals surface area contributed by atoms with E-state index >= 15 is 0 Å². The van der Waals surface area contributed by atoms with E-state index in [0.717, 1.165) is 49.4 Å². The fourth-order valence-electron chi connectivity index (χ4n) is 7.78. The molecule has 1 aromatic heterocycles. The molecule has 10 aromatic rings. The van der Waals surface area contributed by atoms with E-state index in [-0.39, 0.29) is 0 Å². The van der Waals surface area contributed by atoms with Crippen molar-refractivity contribution in [2.45, 2.75) is 0 Å². The van der Waals surface area contributed by atoms with E-state index in [1.54, 1.807) is 0 Å². The van der Waals surface area contributed by atoms with E-state index in [9.17, 15) is 0 Å². The van der Waals surface area contributed by atoms with Crippen LogP contribution in [0.5, 0.6) is 0 Å². The van der Waals surface area contributed by atoms with Gasteiger partial charge in [-0.2, -0.15) is 0 Å². The van der Waals surface area contributed by atoms with Crippen molar-refractivity contribution in [3.8, 4) is 44.5 Å². The molecule has 0 radical (unpaired) electrons. The summed E-state index contributed by atoms with van der Waals surface area (Å²) in [6.07, 6.45) is 0. The summed E-state index contributed by atoms with van der Waals surface area (Å²) in [4.78, 5) is 0. The van der Waals surface area contributed by atoms with Crippen molar-refractivity contribution < 1.29 is 5.79 Å². The van der Waals surface area contributed by atoms with Gasteiger partial charge in [0, 0.05) is 16.3 Å². The van der Waals surface area contributed by atoms with E-state index in [0.29, 0.717) is 6.04 Å². The van der Waals surface area contributed by atoms with Gasteiger partial charge in [0.05, 0.1) is 1.37 Å². The zero-order chi connectivity index (χ0) is 33.2. The van der Waals surface area contributed by atoms with Gasteiger partial charge in [0.15, 0.2) is 0 Å². The Balaban J connectivity index is 1.22. The van der Waals surface area contributed by atoms with Gasteiger partial charge in [-0.05, 0) is 89.5 Å². The molecule has 1 heterocycles. The smallest absolute Gasteiger partial charge is 0.143 e. The van der Waals surface area contributed by atoms with Crippen molar-refractivity contribution in [2.24, 2.45) is 0 Å². The lowest BCUT2D eigenvalue weighted by molar-refractivity contribution is 0.670. The second kappa shape index (κ2) is 11.1. The number of fused-ring (bicyclic) bond motifs is 6. The van der Waals surface area contributed by atoms with Gasteiger partial charge in [0.25, 0.3) is 0 Å². The Labute approximate surface area is 285 Å². The van der Waals surface area contributed by atoms with E-state index in [2.05, 4.69) is 152 Å². The summed E-state index contributed by atoms with van der Waals surface area (Å²) in [5.74, 6) is 0. The SMILES string of the molecule is [2H]c1ccc2cc(-c3ccccc3-c3c4ccccc4c(-c4ccc5oc6c(-c7ccccc7)cccc6c5c4)c4ccccc34)ccc2c1. The van der Waals surface area contributed by atoms with Gasteiger partial charge in [0.1, 0.15) is 11.2 Å². The summed E-state index contributed by atoms with van der Waals surface area (Å²) < 4.78 is 14.6. The molecular formula is C48H30O. The molecule has 0 aliphatic rings. The van der Waals surface area contributed by atoms with Crippen molar-refractivity contribution in [3.63, 3.8) is 0 Å². The van der Waals surface area contributed by atoms with Crippen molar-refractivity contribution in [1.29, 1.82) is 0 Å². The van der Waals surface area contributed by atoms with Crippen LogP contribution in [0.1, 0.15) is 1.37 Å². The van der Waals surface area contributed by atoms with Crippen LogP contribution in [-0.4, -0.2) is 0 Å². The number of hydrogen-bond acceptors (Lipinski definition) is 1. The second-order valence-corrected chi connectivity index (χ2v) is 12.7. The van der Waals surface area contributed by atoms with E-state index in [4.69, 9.17) is 5.79 Å². The Hall–Kier alpha value is -6.44. The molecule has 0 bridgehead atoms. The van der Waals surface area contributed by atoms with E-state index in [1.165, 1.54) is 49.4 Å². The van der Waals surface area contributed by atoms with Crippen LogP contribution in [0, 0.1) is 0 Å². The molecule has 0 aliphatic heterocycles. The highest BCUT2D eigenvalue weighted by Gasteiger charge is 2.20. The first kappa shape index (κ1) is 26.6. The third kappa shape index (κ3) is 4.40. The van der Waals surface area contributed by atoms with Crippen LogP contribution in [0.3, 0.4) is 0 Å². The molecule has 0 fully saturated rings. The number of furan rings is 1. The average molecular weight is 624 g/mol. The second-order valence-electron chi connectivity index (χ2n) is 12.7. The van der Waals surface area contributed by atoms with Gasteiger partial charge >= 0.3 is 0 Å². The topological polar surface area (TPSA) is 13.1 Å². The van der Waals surface area contributed by atoms with Crippen molar-refractivity contribution in [2.75, 3.05) is 0 Å². The predicted molar refractivity (Wildman–Crippen MR) is 208 cm³/mol. The highest BCUT2D eigenvalue weighted by molar-refractivity contribution is 6.23. The first-order valence-electron chi connectivity index (χ1n) is 17.3. The zero-order valence-electron chi connectivity index (χ0n) is 27.7. The van der Waals surface area contributed by atoms with Crippen LogP contribution >= 0.6 is 0 Å². The molecule has 0 unspecified atom stereocenters. The van der Waals surface area contributed by atoms with Crippen molar-refractivity contribution in [3.05, 3.63) is 182 Å². The molecule has 0 N–H and O–H groups in total.